The Labute approximate surface area is 169 Å². The van der Waals surface area contributed by atoms with Crippen LogP contribution in [0.4, 0.5) is 5.69 Å². The smallest absolute Gasteiger partial charge is 0.264 e. The van der Waals surface area contributed by atoms with E-state index in [2.05, 4.69) is 22.0 Å². The molecule has 0 aliphatic rings. The van der Waals surface area contributed by atoms with Gasteiger partial charge < -0.3 is 0 Å². The van der Waals surface area contributed by atoms with Crippen LogP contribution in [0.2, 0.25) is 0 Å². The van der Waals surface area contributed by atoms with E-state index >= 15 is 0 Å². The average Bonchev–Trinajstić information content (AvgIpc) is 2.65. The molecular weight excluding hydrogens is 376 g/mol. The zero-order valence-electron chi connectivity index (χ0n) is 17.4. The van der Waals surface area contributed by atoms with Gasteiger partial charge in [-0.2, -0.15) is 0 Å². The predicted molar refractivity (Wildman–Crippen MR) is 112 cm³/mol. The van der Waals surface area contributed by atoms with Crippen LogP contribution in [-0.4, -0.2) is 33.4 Å². The highest BCUT2D eigenvalue weighted by Gasteiger charge is 2.17. The van der Waals surface area contributed by atoms with Gasteiger partial charge in [-0.15, -0.1) is 5.11 Å². The molecule has 0 fully saturated rings. The van der Waals surface area contributed by atoms with Crippen molar-refractivity contribution in [1.29, 1.82) is 0 Å². The van der Waals surface area contributed by atoms with Gasteiger partial charge in [-0.05, 0) is 30.7 Å². The molecular formula is C20H34N4O3S. The highest BCUT2D eigenvalue weighted by molar-refractivity contribution is 7.90. The first-order valence-corrected chi connectivity index (χ1v) is 11.6. The molecule has 0 aromatic heterocycles. The molecule has 0 saturated heterocycles. The fraction of sp³-hybridized carbons (Fsp3) is 0.650. The largest absolute Gasteiger partial charge is 0.285 e. The summed E-state index contributed by atoms with van der Waals surface area (Å²) in [4.78, 5) is 12.0. The second kappa shape index (κ2) is 13.3. The molecule has 0 aliphatic heterocycles. The summed E-state index contributed by atoms with van der Waals surface area (Å²) in [6, 6.07) is 5.93. The van der Waals surface area contributed by atoms with E-state index in [1.54, 1.807) is 26.2 Å². The van der Waals surface area contributed by atoms with E-state index in [1.807, 2.05) is 0 Å². The Bertz CT molecular complexity index is 701. The predicted octanol–water partition coefficient (Wildman–Crippen LogP) is 4.97. The fourth-order valence-corrected chi connectivity index (χ4v) is 3.70. The third-order valence-electron chi connectivity index (χ3n) is 4.24. The maximum atomic E-state index is 12.3. The quantitative estimate of drug-likeness (QED) is 0.266. The molecule has 1 aromatic rings. The van der Waals surface area contributed by atoms with E-state index in [-0.39, 0.29) is 11.3 Å². The van der Waals surface area contributed by atoms with Crippen molar-refractivity contribution >= 4 is 21.6 Å². The summed E-state index contributed by atoms with van der Waals surface area (Å²) in [6.45, 7) is 2.21. The van der Waals surface area contributed by atoms with Crippen LogP contribution in [-0.2, 0) is 14.8 Å². The van der Waals surface area contributed by atoms with Crippen molar-refractivity contribution in [3.05, 3.63) is 24.3 Å². The molecule has 0 atom stereocenters. The van der Waals surface area contributed by atoms with Crippen LogP contribution in [0, 0.1) is 0 Å². The number of benzene rings is 1. The number of nitrogens with one attached hydrogen (secondary N) is 1. The van der Waals surface area contributed by atoms with Crippen molar-refractivity contribution in [1.82, 2.24) is 9.73 Å². The molecule has 8 heteroatoms. The Balaban J connectivity index is 2.32. The standard InChI is InChI=1S/C20H34N4O3S/c1-4-5-6-7-8-9-10-11-12-13-20(25)22-28(26,27)19-16-14-18(15-17-19)21-23-24(2)3/h14-17H,4-13H2,1-3H3,(H,22,25). The molecule has 0 radical (unpaired) electrons. The molecule has 0 heterocycles. The highest BCUT2D eigenvalue weighted by Crippen LogP contribution is 2.17. The summed E-state index contributed by atoms with van der Waals surface area (Å²) in [5, 5.41) is 9.33. The molecule has 1 aromatic carbocycles. The lowest BCUT2D eigenvalue weighted by Gasteiger charge is -2.07. The normalized spacial score (nSPS) is 11.7. The first kappa shape index (κ1) is 24.1. The summed E-state index contributed by atoms with van der Waals surface area (Å²) in [5.74, 6) is -0.459. The van der Waals surface area contributed by atoms with Crippen LogP contribution in [0.3, 0.4) is 0 Å². The van der Waals surface area contributed by atoms with Crippen LogP contribution < -0.4 is 4.72 Å². The molecule has 1 N–H and O–H groups in total. The Morgan fingerprint density at radius 2 is 1.46 bits per heavy atom. The third kappa shape index (κ3) is 10.4. The second-order valence-electron chi connectivity index (χ2n) is 7.14. The lowest BCUT2D eigenvalue weighted by molar-refractivity contribution is -0.119. The van der Waals surface area contributed by atoms with Gasteiger partial charge >= 0.3 is 0 Å². The zero-order chi connectivity index (χ0) is 20.8. The van der Waals surface area contributed by atoms with Gasteiger partial charge in [-0.3, -0.25) is 9.80 Å². The van der Waals surface area contributed by atoms with Crippen LogP contribution in [0.5, 0.6) is 0 Å². The van der Waals surface area contributed by atoms with E-state index in [0.29, 0.717) is 12.1 Å². The van der Waals surface area contributed by atoms with Gasteiger partial charge in [0.05, 0.1) is 10.6 Å². The topological polar surface area (TPSA) is 91.2 Å². The van der Waals surface area contributed by atoms with E-state index in [1.165, 1.54) is 55.7 Å². The summed E-state index contributed by atoms with van der Waals surface area (Å²) in [6.07, 6.45) is 10.5. The molecule has 28 heavy (non-hydrogen) atoms. The summed E-state index contributed by atoms with van der Waals surface area (Å²) < 4.78 is 26.7. The van der Waals surface area contributed by atoms with E-state index in [9.17, 15) is 13.2 Å². The van der Waals surface area contributed by atoms with Gasteiger partial charge in [0.2, 0.25) is 5.91 Å². The van der Waals surface area contributed by atoms with Crippen molar-refractivity contribution in [3.8, 4) is 0 Å². The number of rotatable bonds is 14. The van der Waals surface area contributed by atoms with E-state index < -0.39 is 15.9 Å². The van der Waals surface area contributed by atoms with Crippen LogP contribution in [0.1, 0.15) is 71.1 Å². The number of amides is 1. The Kier molecular flexibility index (Phi) is 11.4. The summed E-state index contributed by atoms with van der Waals surface area (Å²) >= 11 is 0. The monoisotopic (exact) mass is 410 g/mol. The second-order valence-corrected chi connectivity index (χ2v) is 8.82. The van der Waals surface area contributed by atoms with Gasteiger partial charge in [-0.1, -0.05) is 63.5 Å². The molecule has 0 unspecified atom stereocenters. The number of nitrogens with zero attached hydrogens (tertiary/aromatic N) is 3. The SMILES string of the molecule is CCCCCCCCCCCC(=O)NS(=O)(=O)c1ccc(N=NN(C)C)cc1. The molecule has 1 amide bonds. The number of carbonyl (C=O) groups is 1. The van der Waals surface area contributed by atoms with Crippen molar-refractivity contribution in [2.45, 2.75) is 76.0 Å². The molecule has 7 nitrogen and oxygen atoms in total. The van der Waals surface area contributed by atoms with Crippen LogP contribution >= 0.6 is 0 Å². The van der Waals surface area contributed by atoms with Crippen LogP contribution in [0.25, 0.3) is 0 Å². The van der Waals surface area contributed by atoms with Crippen LogP contribution in [0.15, 0.2) is 39.5 Å². The number of hydrogen-bond donors (Lipinski definition) is 1. The minimum absolute atomic E-state index is 0.0386. The highest BCUT2D eigenvalue weighted by atomic mass is 32.2. The zero-order valence-corrected chi connectivity index (χ0v) is 18.2. The Hall–Kier alpha value is -1.96. The Morgan fingerprint density at radius 3 is 2.00 bits per heavy atom. The number of sulfonamides is 1. The third-order valence-corrected chi connectivity index (χ3v) is 5.63. The maximum absolute atomic E-state index is 12.3. The van der Waals surface area contributed by atoms with Gasteiger partial charge in [-0.25, -0.2) is 13.1 Å². The lowest BCUT2D eigenvalue weighted by Crippen LogP contribution is -2.30. The van der Waals surface area contributed by atoms with Gasteiger partial charge in [0, 0.05) is 20.5 Å². The molecule has 0 saturated carbocycles. The van der Waals surface area contributed by atoms with E-state index in [4.69, 9.17) is 0 Å². The molecule has 158 valence electrons. The van der Waals surface area contributed by atoms with Gasteiger partial charge in [0.25, 0.3) is 10.0 Å². The van der Waals surface area contributed by atoms with Gasteiger partial charge in [0.15, 0.2) is 0 Å². The first-order chi connectivity index (χ1) is 13.3. The Morgan fingerprint density at radius 1 is 0.929 bits per heavy atom. The molecule has 1 rings (SSSR count). The summed E-state index contributed by atoms with van der Waals surface area (Å²) in [7, 11) is -0.367. The van der Waals surface area contributed by atoms with Crippen molar-refractivity contribution < 1.29 is 13.2 Å². The van der Waals surface area contributed by atoms with Crippen molar-refractivity contribution in [3.63, 3.8) is 0 Å². The minimum atomic E-state index is -3.85. The maximum Gasteiger partial charge on any atom is 0.264 e. The average molecular weight is 411 g/mol. The number of hydrogen-bond acceptors (Lipinski definition) is 5. The molecule has 0 spiro atoms. The summed E-state index contributed by atoms with van der Waals surface area (Å²) in [5.41, 5.74) is 0.536. The first-order valence-electron chi connectivity index (χ1n) is 10.1. The van der Waals surface area contributed by atoms with Crippen molar-refractivity contribution in [2.24, 2.45) is 10.3 Å². The lowest BCUT2D eigenvalue weighted by atomic mass is 10.1. The fourth-order valence-electron chi connectivity index (χ4n) is 2.69. The minimum Gasteiger partial charge on any atom is -0.285 e. The number of carbonyl (C=O) groups excluding carboxylic acids is 1. The molecule has 0 bridgehead atoms. The van der Waals surface area contributed by atoms with Crippen molar-refractivity contribution in [2.75, 3.05) is 14.1 Å². The molecule has 0 aliphatic carbocycles. The van der Waals surface area contributed by atoms with Gasteiger partial charge in [0.1, 0.15) is 0 Å². The van der Waals surface area contributed by atoms with E-state index in [0.717, 1.165) is 12.8 Å². The number of unbranched alkanes of at least 4 members (excludes halogenated alkanes) is 8.